The van der Waals surface area contributed by atoms with Gasteiger partial charge in [0.1, 0.15) is 5.78 Å². The van der Waals surface area contributed by atoms with Crippen LogP contribution in [0.2, 0.25) is 0 Å². The first-order chi connectivity index (χ1) is 10.2. The lowest BCUT2D eigenvalue weighted by atomic mass is 10.2. The van der Waals surface area contributed by atoms with Crippen molar-refractivity contribution < 1.29 is 18.3 Å². The molecule has 1 aromatic rings. The van der Waals surface area contributed by atoms with Crippen LogP contribution >= 0.6 is 7.60 Å². The summed E-state index contributed by atoms with van der Waals surface area (Å²) in [5, 5.41) is 0. The van der Waals surface area contributed by atoms with Crippen LogP contribution in [0.3, 0.4) is 0 Å². The highest BCUT2D eigenvalue weighted by molar-refractivity contribution is 7.54. The molecule has 5 nitrogen and oxygen atoms in total. The van der Waals surface area contributed by atoms with Crippen molar-refractivity contribution in [1.82, 2.24) is 4.90 Å². The van der Waals surface area contributed by atoms with E-state index >= 15 is 0 Å². The maximum absolute atomic E-state index is 13.3. The molecule has 0 aliphatic carbocycles. The SMILES string of the molecule is CCOP(=O)(OCC)C(c1ccccc1)N1CCOCC1. The number of hydrogen-bond acceptors (Lipinski definition) is 5. The first-order valence-corrected chi connectivity index (χ1v) is 9.08. The molecule has 0 aromatic heterocycles. The Morgan fingerprint density at radius 1 is 1.14 bits per heavy atom. The van der Waals surface area contributed by atoms with Gasteiger partial charge in [-0.3, -0.25) is 9.46 Å². The summed E-state index contributed by atoms with van der Waals surface area (Å²) < 4.78 is 29.9. The van der Waals surface area contributed by atoms with E-state index in [9.17, 15) is 4.57 Å². The van der Waals surface area contributed by atoms with Crippen molar-refractivity contribution in [3.8, 4) is 0 Å². The first kappa shape index (κ1) is 16.7. The van der Waals surface area contributed by atoms with Crippen molar-refractivity contribution in [1.29, 1.82) is 0 Å². The molecule has 1 fully saturated rings. The van der Waals surface area contributed by atoms with E-state index in [1.807, 2.05) is 44.2 Å². The summed E-state index contributed by atoms with van der Waals surface area (Å²) in [4.78, 5) is 2.14. The summed E-state index contributed by atoms with van der Waals surface area (Å²) >= 11 is 0. The highest BCUT2D eigenvalue weighted by atomic mass is 31.2. The summed E-state index contributed by atoms with van der Waals surface area (Å²) in [7, 11) is -3.25. The molecule has 0 saturated carbocycles. The summed E-state index contributed by atoms with van der Waals surface area (Å²) in [6.45, 7) is 7.15. The van der Waals surface area contributed by atoms with Crippen LogP contribution < -0.4 is 0 Å². The van der Waals surface area contributed by atoms with E-state index in [0.717, 1.165) is 18.7 Å². The van der Waals surface area contributed by atoms with Crippen molar-refractivity contribution in [2.75, 3.05) is 39.5 Å². The molecule has 1 unspecified atom stereocenters. The Kier molecular flexibility index (Phi) is 6.40. The van der Waals surface area contributed by atoms with E-state index < -0.39 is 7.60 Å². The van der Waals surface area contributed by atoms with Gasteiger partial charge in [-0.1, -0.05) is 30.3 Å². The lowest BCUT2D eigenvalue weighted by molar-refractivity contribution is 0.0237. The molecule has 0 spiro atoms. The second-order valence-corrected chi connectivity index (χ2v) is 6.89. The average Bonchev–Trinajstić information content (AvgIpc) is 2.50. The van der Waals surface area contributed by atoms with Crippen LogP contribution in [0.25, 0.3) is 0 Å². The minimum absolute atomic E-state index is 0.366. The van der Waals surface area contributed by atoms with Gasteiger partial charge >= 0.3 is 7.60 Å². The standard InChI is InChI=1S/C15H24NO4P/c1-3-19-21(17,20-4-2)15(14-8-6-5-7-9-14)16-10-12-18-13-11-16/h5-9,15H,3-4,10-13H2,1-2H3. The van der Waals surface area contributed by atoms with E-state index in [0.29, 0.717) is 26.4 Å². The molecule has 2 rings (SSSR count). The molecule has 0 radical (unpaired) electrons. The molecular weight excluding hydrogens is 289 g/mol. The van der Waals surface area contributed by atoms with Crippen LogP contribution in [0.4, 0.5) is 0 Å². The molecule has 6 heteroatoms. The number of morpholine rings is 1. The summed E-state index contributed by atoms with van der Waals surface area (Å²) in [5.74, 6) is -0.373. The second-order valence-electron chi connectivity index (χ2n) is 4.81. The van der Waals surface area contributed by atoms with E-state index in [1.54, 1.807) is 0 Å². The smallest absolute Gasteiger partial charge is 0.352 e. The monoisotopic (exact) mass is 313 g/mol. The fourth-order valence-electron chi connectivity index (χ4n) is 2.58. The van der Waals surface area contributed by atoms with Crippen LogP contribution in [0, 0.1) is 0 Å². The zero-order chi connectivity index (χ0) is 15.1. The van der Waals surface area contributed by atoms with Gasteiger partial charge in [0.2, 0.25) is 0 Å². The second kappa shape index (κ2) is 8.06. The lowest BCUT2D eigenvalue weighted by Gasteiger charge is -2.37. The molecule has 1 atom stereocenters. The third-order valence-corrected chi connectivity index (χ3v) is 5.87. The highest BCUT2D eigenvalue weighted by Crippen LogP contribution is 2.62. The van der Waals surface area contributed by atoms with Gasteiger partial charge in [-0.2, -0.15) is 0 Å². The average molecular weight is 313 g/mol. The maximum Gasteiger partial charge on any atom is 0.352 e. The molecule has 0 amide bonds. The van der Waals surface area contributed by atoms with Gasteiger partial charge in [-0.05, 0) is 19.4 Å². The predicted molar refractivity (Wildman–Crippen MR) is 82.4 cm³/mol. The minimum Gasteiger partial charge on any atom is -0.379 e. The molecule has 0 N–H and O–H groups in total. The van der Waals surface area contributed by atoms with Crippen molar-refractivity contribution in [2.45, 2.75) is 19.6 Å². The fraction of sp³-hybridized carbons (Fsp3) is 0.600. The van der Waals surface area contributed by atoms with E-state index in [4.69, 9.17) is 13.8 Å². The third-order valence-electron chi connectivity index (χ3n) is 3.41. The predicted octanol–water partition coefficient (Wildman–Crippen LogP) is 3.28. The lowest BCUT2D eigenvalue weighted by Crippen LogP contribution is -2.39. The molecule has 1 heterocycles. The van der Waals surface area contributed by atoms with Crippen LogP contribution in [0.1, 0.15) is 25.2 Å². The molecular formula is C15H24NO4P. The Balaban J connectivity index is 2.35. The topological polar surface area (TPSA) is 48.0 Å². The molecule has 1 aliphatic rings. The number of rotatable bonds is 7. The van der Waals surface area contributed by atoms with Crippen molar-refractivity contribution in [2.24, 2.45) is 0 Å². The van der Waals surface area contributed by atoms with Crippen molar-refractivity contribution >= 4 is 7.60 Å². The first-order valence-electron chi connectivity index (χ1n) is 7.46. The van der Waals surface area contributed by atoms with E-state index in [-0.39, 0.29) is 5.78 Å². The molecule has 1 saturated heterocycles. The maximum atomic E-state index is 13.3. The number of benzene rings is 1. The largest absolute Gasteiger partial charge is 0.379 e. The highest BCUT2D eigenvalue weighted by Gasteiger charge is 2.41. The van der Waals surface area contributed by atoms with Crippen LogP contribution in [-0.4, -0.2) is 44.4 Å². The van der Waals surface area contributed by atoms with Crippen molar-refractivity contribution in [3.05, 3.63) is 35.9 Å². The molecule has 1 aromatic carbocycles. The summed E-state index contributed by atoms with van der Waals surface area (Å²) in [6.07, 6.45) is 0. The van der Waals surface area contributed by atoms with Crippen LogP contribution in [-0.2, 0) is 18.3 Å². The quantitative estimate of drug-likeness (QED) is 0.723. The van der Waals surface area contributed by atoms with E-state index in [2.05, 4.69) is 4.90 Å². The Labute approximate surface area is 126 Å². The van der Waals surface area contributed by atoms with Gasteiger partial charge in [-0.15, -0.1) is 0 Å². The number of nitrogens with zero attached hydrogens (tertiary/aromatic N) is 1. The van der Waals surface area contributed by atoms with Gasteiger partial charge < -0.3 is 13.8 Å². The summed E-state index contributed by atoms with van der Waals surface area (Å²) in [5.41, 5.74) is 0.963. The molecule has 1 aliphatic heterocycles. The zero-order valence-electron chi connectivity index (χ0n) is 12.7. The zero-order valence-corrected chi connectivity index (χ0v) is 13.6. The Hall–Kier alpha value is -0.710. The van der Waals surface area contributed by atoms with Gasteiger partial charge in [0.05, 0.1) is 26.4 Å². The minimum atomic E-state index is -3.25. The fourth-order valence-corrected chi connectivity index (χ4v) is 4.82. The van der Waals surface area contributed by atoms with Crippen LogP contribution in [0.5, 0.6) is 0 Å². The molecule has 0 bridgehead atoms. The third kappa shape index (κ3) is 4.15. The summed E-state index contributed by atoms with van der Waals surface area (Å²) in [6, 6.07) is 9.80. The number of ether oxygens (including phenoxy) is 1. The molecule has 21 heavy (non-hydrogen) atoms. The van der Waals surface area contributed by atoms with Gasteiger partial charge in [0, 0.05) is 13.1 Å². The van der Waals surface area contributed by atoms with Gasteiger partial charge in [0.25, 0.3) is 0 Å². The van der Waals surface area contributed by atoms with E-state index in [1.165, 1.54) is 0 Å². The Morgan fingerprint density at radius 2 is 1.71 bits per heavy atom. The number of hydrogen-bond donors (Lipinski definition) is 0. The molecule has 118 valence electrons. The van der Waals surface area contributed by atoms with Crippen LogP contribution in [0.15, 0.2) is 30.3 Å². The Morgan fingerprint density at radius 3 is 2.24 bits per heavy atom. The van der Waals surface area contributed by atoms with Gasteiger partial charge in [0.15, 0.2) is 0 Å². The normalized spacial score (nSPS) is 18.6. The Bertz CT molecular complexity index is 452. The van der Waals surface area contributed by atoms with Crippen molar-refractivity contribution in [3.63, 3.8) is 0 Å². The van der Waals surface area contributed by atoms with Gasteiger partial charge in [-0.25, -0.2) is 0 Å².